The molecule has 0 amide bonds. The van der Waals surface area contributed by atoms with Crippen LogP contribution in [0.4, 0.5) is 0 Å². The summed E-state index contributed by atoms with van der Waals surface area (Å²) >= 11 is 0. The van der Waals surface area contributed by atoms with Gasteiger partial charge in [-0.2, -0.15) is 0 Å². The first-order valence-corrected chi connectivity index (χ1v) is 13.0. The Morgan fingerprint density at radius 3 is 1.56 bits per heavy atom. The zero-order valence-electron chi connectivity index (χ0n) is 22.3. The number of esters is 3. The van der Waals surface area contributed by atoms with Crippen molar-refractivity contribution in [2.75, 3.05) is 6.61 Å². The third-order valence-corrected chi connectivity index (χ3v) is 6.41. The Hall–Kier alpha value is -5.62. The van der Waals surface area contributed by atoms with Crippen molar-refractivity contribution in [3.63, 3.8) is 0 Å². The number of rotatable bonds is 9. The average molecular weight is 588 g/mol. The van der Waals surface area contributed by atoms with Gasteiger partial charge >= 0.3 is 23.9 Å². The third-order valence-electron chi connectivity index (χ3n) is 6.41. The lowest BCUT2D eigenvalue weighted by atomic mass is 10.1. The molecule has 12 nitrogen and oxygen atoms in total. The molecule has 1 fully saturated rings. The summed E-state index contributed by atoms with van der Waals surface area (Å²) in [5.74, 6) is -4.86. The first-order chi connectivity index (χ1) is 20.8. The zero-order valence-corrected chi connectivity index (χ0v) is 22.3. The summed E-state index contributed by atoms with van der Waals surface area (Å²) in [4.78, 5) is 57.3. The van der Waals surface area contributed by atoms with Crippen molar-refractivity contribution in [1.82, 2.24) is 4.73 Å². The molecule has 0 radical (unpaired) electrons. The van der Waals surface area contributed by atoms with Crippen LogP contribution in [0.5, 0.6) is 11.8 Å². The molecule has 2 N–H and O–H groups in total. The number of nitrogens with zero attached hydrogens (tertiary/aromatic N) is 1. The Kier molecular flexibility index (Phi) is 8.68. The lowest BCUT2D eigenvalue weighted by Crippen LogP contribution is -2.45. The quantitative estimate of drug-likeness (QED) is 0.219. The topological polar surface area (TPSA) is 160 Å². The Labute approximate surface area is 244 Å². The molecule has 0 saturated carbocycles. The summed E-state index contributed by atoms with van der Waals surface area (Å²) in [5.41, 5.74) is 0.520. The molecule has 4 atom stereocenters. The van der Waals surface area contributed by atoms with Gasteiger partial charge in [0.15, 0.2) is 18.3 Å². The van der Waals surface area contributed by atoms with Crippen molar-refractivity contribution in [2.45, 2.75) is 24.4 Å². The van der Waals surface area contributed by atoms with Crippen molar-refractivity contribution in [3.05, 3.63) is 120 Å². The predicted molar refractivity (Wildman–Crippen MR) is 146 cm³/mol. The molecule has 0 bridgehead atoms. The number of aromatic hydroxyl groups is 2. The number of aromatic nitrogens is 1. The normalized spacial score (nSPS) is 19.3. The standard InChI is InChI=1S/C31H25NO11/c33-23-16-17-24(34)32(23)43-31(38)27-26(42-30(37)21-14-8-3-9-15-21)25(41-29(36)20-12-6-2-7-13-20)22(40-27)18-39-28(35)19-10-4-1-5-11-19/h1-17,22,25-27,33-34H,18H2/t22-,25-,26-,27?/m1/s1. The highest BCUT2D eigenvalue weighted by Gasteiger charge is 2.54. The van der Waals surface area contributed by atoms with E-state index in [0.717, 1.165) is 12.1 Å². The molecule has 0 aliphatic carbocycles. The van der Waals surface area contributed by atoms with Crippen molar-refractivity contribution >= 4 is 23.9 Å². The van der Waals surface area contributed by atoms with Crippen LogP contribution < -0.4 is 4.84 Å². The van der Waals surface area contributed by atoms with Crippen molar-refractivity contribution in [3.8, 4) is 11.8 Å². The molecule has 0 spiro atoms. The maximum Gasteiger partial charge on any atom is 0.365 e. The van der Waals surface area contributed by atoms with E-state index in [9.17, 15) is 29.4 Å². The minimum atomic E-state index is -1.75. The van der Waals surface area contributed by atoms with Crippen LogP contribution >= 0.6 is 0 Å². The van der Waals surface area contributed by atoms with Crippen molar-refractivity contribution < 1.29 is 53.2 Å². The van der Waals surface area contributed by atoms with Gasteiger partial charge in [0.05, 0.1) is 16.7 Å². The first-order valence-electron chi connectivity index (χ1n) is 13.0. The van der Waals surface area contributed by atoms with Gasteiger partial charge in [-0.3, -0.25) is 0 Å². The van der Waals surface area contributed by atoms with E-state index in [0.29, 0.717) is 4.73 Å². The lowest BCUT2D eigenvalue weighted by molar-refractivity contribution is -0.162. The van der Waals surface area contributed by atoms with Crippen LogP contribution in [-0.2, 0) is 23.7 Å². The lowest BCUT2D eigenvalue weighted by Gasteiger charge is -2.24. The Morgan fingerprint density at radius 2 is 1.07 bits per heavy atom. The second-order valence-corrected chi connectivity index (χ2v) is 9.29. The van der Waals surface area contributed by atoms with Gasteiger partial charge in [0, 0.05) is 12.1 Å². The van der Waals surface area contributed by atoms with Gasteiger partial charge in [-0.25, -0.2) is 19.2 Å². The summed E-state index contributed by atoms with van der Waals surface area (Å²) in [6.07, 6.45) is -6.12. The molecule has 2 heterocycles. The smallest absolute Gasteiger partial charge is 0.365 e. The fraction of sp³-hybridized carbons (Fsp3) is 0.161. The number of ether oxygens (including phenoxy) is 4. The predicted octanol–water partition coefficient (Wildman–Crippen LogP) is 2.93. The molecule has 1 aliphatic heterocycles. The van der Waals surface area contributed by atoms with Gasteiger partial charge in [-0.05, 0) is 36.4 Å². The average Bonchev–Trinajstić information content (AvgIpc) is 3.54. The molecule has 12 heteroatoms. The fourth-order valence-electron chi connectivity index (χ4n) is 4.31. The third kappa shape index (κ3) is 6.66. The van der Waals surface area contributed by atoms with Gasteiger partial charge < -0.3 is 34.0 Å². The van der Waals surface area contributed by atoms with E-state index in [2.05, 4.69) is 0 Å². The first kappa shape index (κ1) is 28.9. The molecule has 5 rings (SSSR count). The highest BCUT2D eigenvalue weighted by molar-refractivity contribution is 5.91. The number of hydrogen-bond donors (Lipinski definition) is 2. The summed E-state index contributed by atoms with van der Waals surface area (Å²) in [5, 5.41) is 19.9. The van der Waals surface area contributed by atoms with E-state index in [4.69, 9.17) is 23.8 Å². The van der Waals surface area contributed by atoms with Crippen LogP contribution in [0.25, 0.3) is 0 Å². The molecule has 1 saturated heterocycles. The van der Waals surface area contributed by atoms with E-state index in [1.807, 2.05) is 0 Å². The van der Waals surface area contributed by atoms with Gasteiger partial charge in [0.25, 0.3) is 0 Å². The van der Waals surface area contributed by atoms with Crippen LogP contribution in [0.2, 0.25) is 0 Å². The molecule has 43 heavy (non-hydrogen) atoms. The second-order valence-electron chi connectivity index (χ2n) is 9.29. The van der Waals surface area contributed by atoms with Gasteiger partial charge in [0.1, 0.15) is 12.7 Å². The van der Waals surface area contributed by atoms with Crippen molar-refractivity contribution in [2.24, 2.45) is 0 Å². The Morgan fingerprint density at radius 1 is 0.628 bits per heavy atom. The number of carbonyl (C=O) groups excluding carboxylic acids is 4. The molecular weight excluding hydrogens is 562 g/mol. The Bertz CT molecular complexity index is 1570. The maximum absolute atomic E-state index is 13.3. The molecule has 1 unspecified atom stereocenters. The molecule has 3 aromatic carbocycles. The second kappa shape index (κ2) is 12.9. The van der Waals surface area contributed by atoms with E-state index in [-0.39, 0.29) is 16.7 Å². The van der Waals surface area contributed by atoms with Crippen LogP contribution in [0.15, 0.2) is 103 Å². The van der Waals surface area contributed by atoms with E-state index in [1.54, 1.807) is 54.6 Å². The van der Waals surface area contributed by atoms with E-state index >= 15 is 0 Å². The highest BCUT2D eigenvalue weighted by Crippen LogP contribution is 2.30. The molecule has 220 valence electrons. The summed E-state index contributed by atoms with van der Waals surface area (Å²) in [7, 11) is 0. The van der Waals surface area contributed by atoms with Gasteiger partial charge in [0.2, 0.25) is 11.8 Å². The van der Waals surface area contributed by atoms with Crippen LogP contribution in [0, 0.1) is 0 Å². The molecule has 1 aliphatic rings. The highest BCUT2D eigenvalue weighted by atomic mass is 16.7. The SMILES string of the molecule is O=C(OC[C@H]1OC(C(=O)On2c(O)ccc2O)[C@H](OC(=O)c2ccccc2)[C@@H]1OC(=O)c1ccccc1)c1ccccc1. The minimum Gasteiger partial charge on any atom is -0.492 e. The zero-order chi connectivity index (χ0) is 30.3. The van der Waals surface area contributed by atoms with Crippen molar-refractivity contribution in [1.29, 1.82) is 0 Å². The fourth-order valence-corrected chi connectivity index (χ4v) is 4.31. The molecular formula is C31H25NO11. The van der Waals surface area contributed by atoms with Crippen LogP contribution in [0.1, 0.15) is 31.1 Å². The van der Waals surface area contributed by atoms with Gasteiger partial charge in [-0.15, -0.1) is 4.73 Å². The largest absolute Gasteiger partial charge is 0.492 e. The van der Waals surface area contributed by atoms with E-state index < -0.39 is 66.7 Å². The summed E-state index contributed by atoms with van der Waals surface area (Å²) in [6, 6.07) is 26.0. The summed E-state index contributed by atoms with van der Waals surface area (Å²) in [6.45, 7) is -0.510. The van der Waals surface area contributed by atoms with Gasteiger partial charge in [-0.1, -0.05) is 54.6 Å². The van der Waals surface area contributed by atoms with Crippen LogP contribution in [0.3, 0.4) is 0 Å². The summed E-state index contributed by atoms with van der Waals surface area (Å²) < 4.78 is 23.1. The minimum absolute atomic E-state index is 0.127. The molecule has 1 aromatic heterocycles. The monoisotopic (exact) mass is 587 g/mol. The number of benzene rings is 3. The Balaban J connectivity index is 1.46. The number of carbonyl (C=O) groups is 4. The molecule has 4 aromatic rings. The number of hydrogen-bond acceptors (Lipinski definition) is 11. The van der Waals surface area contributed by atoms with E-state index in [1.165, 1.54) is 36.4 Å². The maximum atomic E-state index is 13.3. The van der Waals surface area contributed by atoms with Crippen LogP contribution in [-0.4, -0.2) is 69.8 Å².